The molecule has 0 radical (unpaired) electrons. The van der Waals surface area contributed by atoms with Crippen molar-refractivity contribution in [2.45, 2.75) is 11.7 Å². The van der Waals surface area contributed by atoms with E-state index in [1.165, 1.54) is 12.3 Å². The molecular formula is C9H10ClN3O3. The van der Waals surface area contributed by atoms with Gasteiger partial charge in [-0.1, -0.05) is 11.6 Å². The first-order valence-corrected chi connectivity index (χ1v) is 5.17. The van der Waals surface area contributed by atoms with E-state index in [0.717, 1.165) is 0 Å². The number of ether oxygens (including phenoxy) is 1. The van der Waals surface area contributed by atoms with Gasteiger partial charge in [-0.3, -0.25) is 0 Å². The zero-order valence-corrected chi connectivity index (χ0v) is 9.02. The smallest absolute Gasteiger partial charge is 0.354 e. The molecule has 1 aromatic heterocycles. The first-order chi connectivity index (χ1) is 7.66. The fraction of sp³-hybridized carbons (Fsp3) is 0.444. The van der Waals surface area contributed by atoms with Gasteiger partial charge in [-0.25, -0.2) is 14.8 Å². The number of nitrogens with zero attached hydrogens (tertiary/aromatic N) is 2. The Morgan fingerprint density at radius 2 is 2.44 bits per heavy atom. The van der Waals surface area contributed by atoms with Crippen molar-refractivity contribution in [2.24, 2.45) is 0 Å². The van der Waals surface area contributed by atoms with Gasteiger partial charge in [-0.15, -0.1) is 0 Å². The molecule has 0 bridgehead atoms. The summed E-state index contributed by atoms with van der Waals surface area (Å²) in [6, 6.07) is 1.33. The molecule has 2 N–H and O–H groups in total. The van der Waals surface area contributed by atoms with E-state index in [0.29, 0.717) is 18.9 Å². The third-order valence-electron chi connectivity index (χ3n) is 2.13. The van der Waals surface area contributed by atoms with Gasteiger partial charge in [0.1, 0.15) is 11.7 Å². The maximum atomic E-state index is 10.7. The average molecular weight is 244 g/mol. The predicted molar refractivity (Wildman–Crippen MR) is 55.3 cm³/mol. The van der Waals surface area contributed by atoms with E-state index in [1.54, 1.807) is 0 Å². The number of carboxylic acids is 1. The SMILES string of the molecule is O=C(O)c1ccnc(C2CNCC(Cl)O2)n1. The van der Waals surface area contributed by atoms with Crippen LogP contribution in [0.1, 0.15) is 22.4 Å². The zero-order chi connectivity index (χ0) is 11.5. The van der Waals surface area contributed by atoms with Gasteiger partial charge in [0.05, 0.1) is 0 Å². The molecule has 0 spiro atoms. The normalized spacial score (nSPS) is 25.3. The number of carbonyl (C=O) groups is 1. The molecule has 16 heavy (non-hydrogen) atoms. The lowest BCUT2D eigenvalue weighted by molar-refractivity contribution is -0.00162. The van der Waals surface area contributed by atoms with Crippen LogP contribution in [-0.2, 0) is 4.74 Å². The highest BCUT2D eigenvalue weighted by Crippen LogP contribution is 2.19. The molecule has 0 aliphatic carbocycles. The van der Waals surface area contributed by atoms with Crippen LogP contribution in [0.2, 0.25) is 0 Å². The van der Waals surface area contributed by atoms with Crippen molar-refractivity contribution in [3.63, 3.8) is 0 Å². The maximum Gasteiger partial charge on any atom is 0.354 e. The molecule has 2 unspecified atom stereocenters. The van der Waals surface area contributed by atoms with Gasteiger partial charge in [-0.2, -0.15) is 0 Å². The van der Waals surface area contributed by atoms with Gasteiger partial charge in [0.2, 0.25) is 0 Å². The number of hydrogen-bond donors (Lipinski definition) is 2. The predicted octanol–water partition coefficient (Wildman–Crippen LogP) is 0.401. The number of nitrogens with one attached hydrogen (secondary N) is 1. The summed E-state index contributed by atoms with van der Waals surface area (Å²) in [6.07, 6.45) is 0.989. The topological polar surface area (TPSA) is 84.3 Å². The Morgan fingerprint density at radius 3 is 3.12 bits per heavy atom. The number of aromatic carboxylic acids is 1. The van der Waals surface area contributed by atoms with E-state index < -0.39 is 17.6 Å². The molecule has 0 saturated carbocycles. The summed E-state index contributed by atoms with van der Waals surface area (Å²) in [7, 11) is 0. The second-order valence-corrected chi connectivity index (χ2v) is 3.79. The molecule has 2 rings (SSSR count). The molecule has 7 heteroatoms. The van der Waals surface area contributed by atoms with Crippen LogP contribution in [0.3, 0.4) is 0 Å². The molecule has 2 heterocycles. The van der Waals surface area contributed by atoms with Gasteiger partial charge >= 0.3 is 5.97 Å². The van der Waals surface area contributed by atoms with Crippen LogP contribution < -0.4 is 5.32 Å². The second-order valence-electron chi connectivity index (χ2n) is 3.30. The largest absolute Gasteiger partial charge is 0.477 e. The highest BCUT2D eigenvalue weighted by atomic mass is 35.5. The Labute approximate surface area is 96.6 Å². The summed E-state index contributed by atoms with van der Waals surface area (Å²) in [5, 5.41) is 11.8. The summed E-state index contributed by atoms with van der Waals surface area (Å²) < 4.78 is 5.39. The molecule has 0 amide bonds. The van der Waals surface area contributed by atoms with Gasteiger partial charge < -0.3 is 15.2 Å². The Bertz CT molecular complexity index is 401. The number of aromatic nitrogens is 2. The molecule has 0 aromatic carbocycles. The Kier molecular flexibility index (Phi) is 3.33. The lowest BCUT2D eigenvalue weighted by Crippen LogP contribution is -2.38. The van der Waals surface area contributed by atoms with E-state index >= 15 is 0 Å². The van der Waals surface area contributed by atoms with E-state index in [-0.39, 0.29) is 5.69 Å². The van der Waals surface area contributed by atoms with Crippen molar-refractivity contribution < 1.29 is 14.6 Å². The minimum Gasteiger partial charge on any atom is -0.477 e. The molecule has 6 nitrogen and oxygen atoms in total. The number of halogens is 1. The first kappa shape index (κ1) is 11.3. The van der Waals surface area contributed by atoms with Crippen molar-refractivity contribution >= 4 is 17.6 Å². The maximum absolute atomic E-state index is 10.7. The van der Waals surface area contributed by atoms with Gasteiger partial charge in [0.15, 0.2) is 11.5 Å². The van der Waals surface area contributed by atoms with Crippen LogP contribution in [0, 0.1) is 0 Å². The quantitative estimate of drug-likeness (QED) is 0.732. The Morgan fingerprint density at radius 1 is 1.62 bits per heavy atom. The highest BCUT2D eigenvalue weighted by molar-refractivity contribution is 6.19. The summed E-state index contributed by atoms with van der Waals surface area (Å²) in [5.74, 6) is -0.757. The molecule has 1 fully saturated rings. The van der Waals surface area contributed by atoms with E-state index in [4.69, 9.17) is 21.4 Å². The average Bonchev–Trinajstić information content (AvgIpc) is 2.29. The standard InChI is InChI=1S/C9H10ClN3O3/c10-7-4-11-3-6(16-7)8-12-2-1-5(13-8)9(14)15/h1-2,6-7,11H,3-4H2,(H,14,15). The third-order valence-corrected chi connectivity index (χ3v) is 2.38. The molecule has 1 aromatic rings. The van der Waals surface area contributed by atoms with E-state index in [2.05, 4.69) is 15.3 Å². The van der Waals surface area contributed by atoms with Crippen molar-refractivity contribution in [2.75, 3.05) is 13.1 Å². The lowest BCUT2D eigenvalue weighted by atomic mass is 10.2. The minimum absolute atomic E-state index is 0.0507. The van der Waals surface area contributed by atoms with Crippen LogP contribution in [0.5, 0.6) is 0 Å². The molecule has 1 aliphatic heterocycles. The van der Waals surface area contributed by atoms with Crippen molar-refractivity contribution in [1.82, 2.24) is 15.3 Å². The summed E-state index contributed by atoms with van der Waals surface area (Å²) in [6.45, 7) is 1.07. The molecule has 1 aliphatic rings. The summed E-state index contributed by atoms with van der Waals surface area (Å²) in [5.41, 5.74) is -0.499. The third kappa shape index (κ3) is 2.46. The number of hydrogen-bond acceptors (Lipinski definition) is 5. The molecule has 2 atom stereocenters. The van der Waals surface area contributed by atoms with Crippen molar-refractivity contribution in [1.29, 1.82) is 0 Å². The van der Waals surface area contributed by atoms with Gasteiger partial charge in [0.25, 0.3) is 0 Å². The highest BCUT2D eigenvalue weighted by Gasteiger charge is 2.24. The number of carboxylic acid groups (broad SMARTS) is 1. The lowest BCUT2D eigenvalue weighted by Gasteiger charge is -2.26. The second kappa shape index (κ2) is 4.73. The number of morpholine rings is 1. The Hall–Kier alpha value is -1.24. The fourth-order valence-corrected chi connectivity index (χ4v) is 1.64. The van der Waals surface area contributed by atoms with Crippen LogP contribution in [0.4, 0.5) is 0 Å². The van der Waals surface area contributed by atoms with E-state index in [1.807, 2.05) is 0 Å². The molecular weight excluding hydrogens is 234 g/mol. The number of rotatable bonds is 2. The monoisotopic (exact) mass is 243 g/mol. The van der Waals surface area contributed by atoms with Gasteiger partial charge in [0, 0.05) is 19.3 Å². The molecule has 86 valence electrons. The van der Waals surface area contributed by atoms with Crippen LogP contribution in [-0.4, -0.2) is 39.7 Å². The fourth-order valence-electron chi connectivity index (χ4n) is 1.40. The van der Waals surface area contributed by atoms with Crippen LogP contribution >= 0.6 is 11.6 Å². The van der Waals surface area contributed by atoms with E-state index in [9.17, 15) is 4.79 Å². The number of alkyl halides is 1. The van der Waals surface area contributed by atoms with Crippen LogP contribution in [0.25, 0.3) is 0 Å². The summed E-state index contributed by atoms with van der Waals surface area (Å²) >= 11 is 5.81. The van der Waals surface area contributed by atoms with Crippen molar-refractivity contribution in [3.8, 4) is 0 Å². The minimum atomic E-state index is -1.09. The van der Waals surface area contributed by atoms with Crippen LogP contribution in [0.15, 0.2) is 12.3 Å². The first-order valence-electron chi connectivity index (χ1n) is 4.73. The van der Waals surface area contributed by atoms with Gasteiger partial charge in [-0.05, 0) is 6.07 Å². The van der Waals surface area contributed by atoms with Crippen molar-refractivity contribution in [3.05, 3.63) is 23.8 Å². The Balaban J connectivity index is 2.19. The zero-order valence-electron chi connectivity index (χ0n) is 8.26. The summed E-state index contributed by atoms with van der Waals surface area (Å²) in [4.78, 5) is 18.6. The molecule has 1 saturated heterocycles.